The fourth-order valence-electron chi connectivity index (χ4n) is 2.19. The summed E-state index contributed by atoms with van der Waals surface area (Å²) in [5.74, 6) is -0.0967. The third-order valence-electron chi connectivity index (χ3n) is 3.21. The van der Waals surface area contributed by atoms with Crippen LogP contribution in [0.3, 0.4) is 0 Å². The molecule has 1 aromatic rings. The third-order valence-corrected chi connectivity index (χ3v) is 3.21. The summed E-state index contributed by atoms with van der Waals surface area (Å²) in [7, 11) is 3.46. The zero-order valence-corrected chi connectivity index (χ0v) is 10.2. The number of nitrogens with zero attached hydrogens (tertiary/aromatic N) is 1. The van der Waals surface area contributed by atoms with Crippen molar-refractivity contribution in [1.82, 2.24) is 10.2 Å². The number of rotatable bonds is 3. The molecule has 92 valence electrons. The Morgan fingerprint density at radius 2 is 2.29 bits per heavy atom. The maximum Gasteiger partial charge on any atom is 0.236 e. The van der Waals surface area contributed by atoms with Crippen LogP contribution in [0.25, 0.3) is 0 Å². The van der Waals surface area contributed by atoms with Crippen molar-refractivity contribution in [1.29, 1.82) is 0 Å². The van der Waals surface area contributed by atoms with Gasteiger partial charge in [0.15, 0.2) is 0 Å². The molecule has 1 atom stereocenters. The summed E-state index contributed by atoms with van der Waals surface area (Å²) < 4.78 is 13.5. The van der Waals surface area contributed by atoms with E-state index >= 15 is 0 Å². The van der Waals surface area contributed by atoms with Gasteiger partial charge in [0.1, 0.15) is 5.82 Å². The highest BCUT2D eigenvalue weighted by Crippen LogP contribution is 2.32. The highest BCUT2D eigenvalue weighted by atomic mass is 19.1. The first-order valence-corrected chi connectivity index (χ1v) is 5.80. The van der Waals surface area contributed by atoms with Gasteiger partial charge in [-0.05, 0) is 30.0 Å². The number of carbonyl (C=O) groups is 1. The van der Waals surface area contributed by atoms with Crippen molar-refractivity contribution in [2.24, 2.45) is 0 Å². The van der Waals surface area contributed by atoms with Gasteiger partial charge in [-0.3, -0.25) is 4.79 Å². The van der Waals surface area contributed by atoms with E-state index in [1.807, 2.05) is 6.07 Å². The van der Waals surface area contributed by atoms with Crippen molar-refractivity contribution in [2.75, 3.05) is 20.6 Å². The zero-order chi connectivity index (χ0) is 12.4. The molecule has 1 aromatic carbocycles. The van der Waals surface area contributed by atoms with Gasteiger partial charge in [0.2, 0.25) is 5.91 Å². The quantitative estimate of drug-likeness (QED) is 0.862. The maximum absolute atomic E-state index is 13.5. The van der Waals surface area contributed by atoms with E-state index < -0.39 is 0 Å². The second-order valence-corrected chi connectivity index (χ2v) is 4.57. The molecule has 0 spiro atoms. The van der Waals surface area contributed by atoms with Crippen LogP contribution in [-0.4, -0.2) is 31.4 Å². The van der Waals surface area contributed by atoms with Gasteiger partial charge in [0.25, 0.3) is 0 Å². The van der Waals surface area contributed by atoms with Gasteiger partial charge in [-0.2, -0.15) is 0 Å². The minimum absolute atomic E-state index is 0.0369. The number of carbonyl (C=O) groups excluding carboxylic acids is 1. The number of fused-ring (bicyclic) bond motifs is 1. The maximum atomic E-state index is 13.5. The Balaban J connectivity index is 2.03. The molecular weight excluding hydrogens is 219 g/mol. The van der Waals surface area contributed by atoms with Crippen LogP contribution in [0.2, 0.25) is 0 Å². The molecule has 0 saturated carbocycles. The van der Waals surface area contributed by atoms with Crippen LogP contribution in [0.4, 0.5) is 4.39 Å². The van der Waals surface area contributed by atoms with E-state index in [1.165, 1.54) is 6.07 Å². The summed E-state index contributed by atoms with van der Waals surface area (Å²) in [6.45, 7) is 0.299. The predicted molar refractivity (Wildman–Crippen MR) is 64.2 cm³/mol. The van der Waals surface area contributed by atoms with E-state index in [1.54, 1.807) is 25.1 Å². The van der Waals surface area contributed by atoms with Gasteiger partial charge in [-0.25, -0.2) is 4.39 Å². The highest BCUT2D eigenvalue weighted by molar-refractivity contribution is 5.77. The standard InChI is InChI=1S/C13H17FN2O/c1-16(2)13(17)8-15-12-7-6-9-10(12)4-3-5-11(9)14/h3-5,12,15H,6-8H2,1-2H3. The lowest BCUT2D eigenvalue weighted by Gasteiger charge is -2.16. The molecular formula is C13H17FN2O. The van der Waals surface area contributed by atoms with Gasteiger partial charge < -0.3 is 10.2 Å². The van der Waals surface area contributed by atoms with Crippen LogP contribution < -0.4 is 5.32 Å². The molecule has 3 nitrogen and oxygen atoms in total. The predicted octanol–water partition coefficient (Wildman–Crippen LogP) is 1.49. The largest absolute Gasteiger partial charge is 0.348 e. The topological polar surface area (TPSA) is 32.3 Å². The van der Waals surface area contributed by atoms with E-state index in [4.69, 9.17) is 0 Å². The average molecular weight is 236 g/mol. The molecule has 4 heteroatoms. The third kappa shape index (κ3) is 2.47. The van der Waals surface area contributed by atoms with Crippen LogP contribution >= 0.6 is 0 Å². The molecule has 0 heterocycles. The summed E-state index contributed by atoms with van der Waals surface area (Å²) in [4.78, 5) is 13.0. The zero-order valence-electron chi connectivity index (χ0n) is 10.2. The molecule has 1 aliphatic rings. The Hall–Kier alpha value is -1.42. The fraction of sp³-hybridized carbons (Fsp3) is 0.462. The fourth-order valence-corrected chi connectivity index (χ4v) is 2.19. The number of benzene rings is 1. The van der Waals surface area contributed by atoms with Crippen LogP contribution in [0, 0.1) is 5.82 Å². The smallest absolute Gasteiger partial charge is 0.236 e. The van der Waals surface area contributed by atoms with E-state index in [0.29, 0.717) is 6.54 Å². The van der Waals surface area contributed by atoms with Crippen molar-refractivity contribution < 1.29 is 9.18 Å². The number of nitrogens with one attached hydrogen (secondary N) is 1. The number of likely N-dealkylation sites (N-methyl/N-ethyl adjacent to an activating group) is 1. The SMILES string of the molecule is CN(C)C(=O)CNC1CCc2c(F)cccc21. The van der Waals surface area contributed by atoms with Crippen LogP contribution in [0.1, 0.15) is 23.6 Å². The average Bonchev–Trinajstić information content (AvgIpc) is 2.70. The molecule has 1 unspecified atom stereocenters. The molecule has 2 rings (SSSR count). The van der Waals surface area contributed by atoms with Crippen molar-refractivity contribution in [3.8, 4) is 0 Å². The Bertz CT molecular complexity index is 431. The monoisotopic (exact) mass is 236 g/mol. The lowest BCUT2D eigenvalue weighted by atomic mass is 10.1. The normalized spacial score (nSPS) is 17.9. The second kappa shape index (κ2) is 4.84. The minimum atomic E-state index is -0.134. The molecule has 0 aromatic heterocycles. The number of hydrogen-bond donors (Lipinski definition) is 1. The Morgan fingerprint density at radius 1 is 1.53 bits per heavy atom. The Kier molecular flexibility index (Phi) is 3.43. The molecule has 17 heavy (non-hydrogen) atoms. The van der Waals surface area contributed by atoms with Crippen LogP contribution in [0.5, 0.6) is 0 Å². The molecule has 0 saturated heterocycles. The van der Waals surface area contributed by atoms with Crippen molar-refractivity contribution >= 4 is 5.91 Å². The molecule has 1 amide bonds. The minimum Gasteiger partial charge on any atom is -0.348 e. The molecule has 1 aliphatic carbocycles. The van der Waals surface area contributed by atoms with E-state index in [9.17, 15) is 9.18 Å². The molecule has 1 N–H and O–H groups in total. The van der Waals surface area contributed by atoms with Gasteiger partial charge in [0, 0.05) is 20.1 Å². The summed E-state index contributed by atoms with van der Waals surface area (Å²) in [5.41, 5.74) is 1.79. The van der Waals surface area contributed by atoms with Gasteiger partial charge in [-0.1, -0.05) is 12.1 Å². The number of amides is 1. The van der Waals surface area contributed by atoms with Crippen LogP contribution in [0.15, 0.2) is 18.2 Å². The van der Waals surface area contributed by atoms with E-state index in [2.05, 4.69) is 5.32 Å². The van der Waals surface area contributed by atoms with E-state index in [0.717, 1.165) is 24.0 Å². The van der Waals surface area contributed by atoms with Crippen LogP contribution in [-0.2, 0) is 11.2 Å². The first kappa shape index (κ1) is 12.0. The second-order valence-electron chi connectivity index (χ2n) is 4.57. The first-order chi connectivity index (χ1) is 8.09. The number of halogens is 1. The van der Waals surface area contributed by atoms with Gasteiger partial charge in [-0.15, -0.1) is 0 Å². The summed E-state index contributed by atoms with van der Waals surface area (Å²) >= 11 is 0. The molecule has 0 bridgehead atoms. The van der Waals surface area contributed by atoms with Gasteiger partial charge in [0.05, 0.1) is 6.54 Å². The highest BCUT2D eigenvalue weighted by Gasteiger charge is 2.24. The summed E-state index contributed by atoms with van der Waals surface area (Å²) in [6.07, 6.45) is 1.60. The van der Waals surface area contributed by atoms with Crippen molar-refractivity contribution in [3.05, 3.63) is 35.1 Å². The lowest BCUT2D eigenvalue weighted by Crippen LogP contribution is -2.34. The molecule has 0 aliphatic heterocycles. The van der Waals surface area contributed by atoms with Crippen molar-refractivity contribution in [3.63, 3.8) is 0 Å². The first-order valence-electron chi connectivity index (χ1n) is 5.80. The summed E-state index contributed by atoms with van der Waals surface area (Å²) in [5, 5.41) is 3.19. The van der Waals surface area contributed by atoms with Gasteiger partial charge >= 0.3 is 0 Å². The lowest BCUT2D eigenvalue weighted by molar-refractivity contribution is -0.127. The molecule has 0 fully saturated rings. The Morgan fingerprint density at radius 3 is 3.00 bits per heavy atom. The van der Waals surface area contributed by atoms with Crippen molar-refractivity contribution in [2.45, 2.75) is 18.9 Å². The molecule has 0 radical (unpaired) electrons. The van der Waals surface area contributed by atoms with E-state index in [-0.39, 0.29) is 17.8 Å². The summed E-state index contributed by atoms with van der Waals surface area (Å²) in [6, 6.07) is 5.25. The Labute approximate surface area is 101 Å². The number of hydrogen-bond acceptors (Lipinski definition) is 2.